The fourth-order valence-electron chi connectivity index (χ4n) is 2.23. The summed E-state index contributed by atoms with van der Waals surface area (Å²) in [5.74, 6) is 1.70. The van der Waals surface area contributed by atoms with Crippen molar-refractivity contribution in [2.45, 2.75) is 13.3 Å². The van der Waals surface area contributed by atoms with E-state index < -0.39 is 0 Å². The molecule has 0 radical (unpaired) electrons. The Morgan fingerprint density at radius 3 is 2.77 bits per heavy atom. The SMILES string of the molecule is CCCNc1ncnc(Oc2cccc3ccccc23)c1N. The van der Waals surface area contributed by atoms with Crippen LogP contribution in [0.4, 0.5) is 11.5 Å². The Balaban J connectivity index is 1.95. The summed E-state index contributed by atoms with van der Waals surface area (Å²) in [7, 11) is 0. The molecule has 0 unspecified atom stereocenters. The first-order chi connectivity index (χ1) is 10.8. The van der Waals surface area contributed by atoms with Gasteiger partial charge in [-0.05, 0) is 17.9 Å². The van der Waals surface area contributed by atoms with E-state index in [1.807, 2.05) is 42.5 Å². The molecule has 3 N–H and O–H groups in total. The highest BCUT2D eigenvalue weighted by Crippen LogP contribution is 2.33. The van der Waals surface area contributed by atoms with Crippen LogP contribution < -0.4 is 15.8 Å². The number of nitrogens with two attached hydrogens (primary N) is 1. The number of fused-ring (bicyclic) bond motifs is 1. The molecule has 0 amide bonds. The number of nitrogen functional groups attached to an aromatic ring is 1. The molecule has 5 heteroatoms. The first-order valence-electron chi connectivity index (χ1n) is 7.29. The maximum atomic E-state index is 6.10. The fraction of sp³-hybridized carbons (Fsp3) is 0.176. The molecule has 112 valence electrons. The summed E-state index contributed by atoms with van der Waals surface area (Å²) in [5, 5.41) is 5.30. The Bertz CT molecular complexity index is 783. The molecule has 0 aliphatic rings. The van der Waals surface area contributed by atoms with E-state index in [-0.39, 0.29) is 0 Å². The molecule has 1 heterocycles. The van der Waals surface area contributed by atoms with E-state index in [4.69, 9.17) is 10.5 Å². The van der Waals surface area contributed by atoms with Gasteiger partial charge in [0.2, 0.25) is 5.88 Å². The molecular weight excluding hydrogens is 276 g/mol. The van der Waals surface area contributed by atoms with Gasteiger partial charge in [-0.25, -0.2) is 4.98 Å². The Morgan fingerprint density at radius 1 is 1.09 bits per heavy atom. The molecule has 0 saturated heterocycles. The minimum Gasteiger partial charge on any atom is -0.436 e. The molecule has 0 aliphatic carbocycles. The molecule has 22 heavy (non-hydrogen) atoms. The Labute approximate surface area is 129 Å². The highest BCUT2D eigenvalue weighted by molar-refractivity contribution is 5.88. The average molecular weight is 294 g/mol. The second-order valence-corrected chi connectivity index (χ2v) is 4.95. The van der Waals surface area contributed by atoms with Crippen LogP contribution in [0.5, 0.6) is 11.6 Å². The summed E-state index contributed by atoms with van der Waals surface area (Å²) in [6, 6.07) is 13.9. The molecule has 1 aromatic heterocycles. The third-order valence-electron chi connectivity index (χ3n) is 3.35. The van der Waals surface area contributed by atoms with Gasteiger partial charge in [0.25, 0.3) is 0 Å². The monoisotopic (exact) mass is 294 g/mol. The van der Waals surface area contributed by atoms with Crippen LogP contribution in [0.25, 0.3) is 10.8 Å². The number of nitrogens with one attached hydrogen (secondary N) is 1. The Hall–Kier alpha value is -2.82. The van der Waals surface area contributed by atoms with Crippen LogP contribution in [0.15, 0.2) is 48.8 Å². The molecule has 0 aliphatic heterocycles. The van der Waals surface area contributed by atoms with E-state index >= 15 is 0 Å². The highest BCUT2D eigenvalue weighted by Gasteiger charge is 2.11. The zero-order valence-corrected chi connectivity index (χ0v) is 12.4. The van der Waals surface area contributed by atoms with E-state index in [9.17, 15) is 0 Å². The van der Waals surface area contributed by atoms with Gasteiger partial charge in [0, 0.05) is 11.9 Å². The predicted octanol–water partition coefficient (Wildman–Crippen LogP) is 3.83. The van der Waals surface area contributed by atoms with Crippen molar-refractivity contribution < 1.29 is 4.74 Å². The quantitative estimate of drug-likeness (QED) is 0.748. The third-order valence-corrected chi connectivity index (χ3v) is 3.35. The fourth-order valence-corrected chi connectivity index (χ4v) is 2.23. The van der Waals surface area contributed by atoms with Crippen LogP contribution in [0, 0.1) is 0 Å². The zero-order valence-electron chi connectivity index (χ0n) is 12.4. The van der Waals surface area contributed by atoms with Gasteiger partial charge >= 0.3 is 0 Å². The summed E-state index contributed by atoms with van der Waals surface area (Å²) in [5.41, 5.74) is 6.52. The maximum Gasteiger partial charge on any atom is 0.248 e. The van der Waals surface area contributed by atoms with Gasteiger partial charge in [0.05, 0.1) is 0 Å². The molecule has 0 atom stereocenters. The lowest BCUT2D eigenvalue weighted by molar-refractivity contribution is 0.470. The van der Waals surface area contributed by atoms with Gasteiger partial charge in [0.1, 0.15) is 17.8 Å². The number of anilines is 2. The van der Waals surface area contributed by atoms with Crippen molar-refractivity contribution in [3.63, 3.8) is 0 Å². The van der Waals surface area contributed by atoms with Crippen molar-refractivity contribution >= 4 is 22.3 Å². The van der Waals surface area contributed by atoms with Gasteiger partial charge in [-0.2, -0.15) is 4.98 Å². The largest absolute Gasteiger partial charge is 0.436 e. The van der Waals surface area contributed by atoms with Crippen molar-refractivity contribution in [2.24, 2.45) is 0 Å². The lowest BCUT2D eigenvalue weighted by Gasteiger charge is -2.12. The normalized spacial score (nSPS) is 10.6. The molecule has 3 rings (SSSR count). The molecule has 3 aromatic rings. The minimum atomic E-state index is 0.366. The summed E-state index contributed by atoms with van der Waals surface area (Å²) in [6.07, 6.45) is 2.44. The average Bonchev–Trinajstić information content (AvgIpc) is 2.56. The van der Waals surface area contributed by atoms with Gasteiger partial charge in [0.15, 0.2) is 5.82 Å². The van der Waals surface area contributed by atoms with E-state index in [1.165, 1.54) is 6.33 Å². The van der Waals surface area contributed by atoms with Crippen molar-refractivity contribution in [3.05, 3.63) is 48.8 Å². The van der Waals surface area contributed by atoms with Gasteiger partial charge in [-0.15, -0.1) is 0 Å². The number of ether oxygens (including phenoxy) is 1. The molecule has 0 fully saturated rings. The number of aromatic nitrogens is 2. The standard InChI is InChI=1S/C17H18N4O/c1-2-10-19-16-15(18)17(21-11-20-16)22-14-9-5-7-12-6-3-4-8-13(12)14/h3-9,11H,2,10,18H2,1H3,(H,19,20,21). The number of rotatable bonds is 5. The van der Waals surface area contributed by atoms with E-state index in [0.717, 1.165) is 29.5 Å². The topological polar surface area (TPSA) is 73.1 Å². The van der Waals surface area contributed by atoms with Crippen molar-refractivity contribution in [3.8, 4) is 11.6 Å². The third kappa shape index (κ3) is 2.79. The second kappa shape index (κ2) is 6.30. The molecule has 0 saturated carbocycles. The van der Waals surface area contributed by atoms with Gasteiger partial charge in [-0.1, -0.05) is 43.3 Å². The predicted molar refractivity (Wildman–Crippen MR) is 89.2 cm³/mol. The molecule has 0 spiro atoms. The summed E-state index contributed by atoms with van der Waals surface area (Å²) in [4.78, 5) is 8.30. The lowest BCUT2D eigenvalue weighted by Crippen LogP contribution is -2.07. The summed E-state index contributed by atoms with van der Waals surface area (Å²) < 4.78 is 5.93. The van der Waals surface area contributed by atoms with Crippen LogP contribution in [-0.2, 0) is 0 Å². The number of benzene rings is 2. The van der Waals surface area contributed by atoms with E-state index in [2.05, 4.69) is 22.2 Å². The van der Waals surface area contributed by atoms with Crippen LogP contribution >= 0.6 is 0 Å². The number of nitrogens with zero attached hydrogens (tertiary/aromatic N) is 2. The number of hydrogen-bond acceptors (Lipinski definition) is 5. The van der Waals surface area contributed by atoms with Crippen molar-refractivity contribution in [1.82, 2.24) is 9.97 Å². The Kier molecular flexibility index (Phi) is 4.05. The molecule has 5 nitrogen and oxygen atoms in total. The first kappa shape index (κ1) is 14.1. The van der Waals surface area contributed by atoms with Gasteiger partial charge < -0.3 is 15.8 Å². The molecule has 2 aromatic carbocycles. The summed E-state index contributed by atoms with van der Waals surface area (Å²) in [6.45, 7) is 2.88. The lowest BCUT2D eigenvalue weighted by atomic mass is 10.1. The minimum absolute atomic E-state index is 0.366. The highest BCUT2D eigenvalue weighted by atomic mass is 16.5. The maximum absolute atomic E-state index is 6.10. The molecule has 0 bridgehead atoms. The van der Waals surface area contributed by atoms with E-state index in [1.54, 1.807) is 0 Å². The van der Waals surface area contributed by atoms with Gasteiger partial charge in [-0.3, -0.25) is 0 Å². The van der Waals surface area contributed by atoms with Crippen molar-refractivity contribution in [1.29, 1.82) is 0 Å². The second-order valence-electron chi connectivity index (χ2n) is 4.95. The van der Waals surface area contributed by atoms with Crippen LogP contribution in [0.1, 0.15) is 13.3 Å². The van der Waals surface area contributed by atoms with Crippen molar-refractivity contribution in [2.75, 3.05) is 17.6 Å². The first-order valence-corrected chi connectivity index (χ1v) is 7.29. The van der Waals surface area contributed by atoms with Crippen LogP contribution in [0.3, 0.4) is 0 Å². The van der Waals surface area contributed by atoms with E-state index in [0.29, 0.717) is 17.4 Å². The summed E-state index contributed by atoms with van der Waals surface area (Å²) >= 11 is 0. The van der Waals surface area contributed by atoms with Crippen LogP contribution in [0.2, 0.25) is 0 Å². The smallest absolute Gasteiger partial charge is 0.248 e. The molecular formula is C17H18N4O. The Morgan fingerprint density at radius 2 is 1.91 bits per heavy atom. The number of hydrogen-bond donors (Lipinski definition) is 2. The van der Waals surface area contributed by atoms with Crippen LogP contribution in [-0.4, -0.2) is 16.5 Å². The zero-order chi connectivity index (χ0) is 15.4.